The molecule has 1 N–H and O–H groups in total. The van der Waals surface area contributed by atoms with Gasteiger partial charge >= 0.3 is 5.97 Å². The molecule has 0 radical (unpaired) electrons. The minimum absolute atomic E-state index is 0.196. The molecule has 2 aromatic carbocycles. The van der Waals surface area contributed by atoms with Crippen molar-refractivity contribution < 1.29 is 14.7 Å². The summed E-state index contributed by atoms with van der Waals surface area (Å²) < 4.78 is 0. The van der Waals surface area contributed by atoms with Crippen LogP contribution in [-0.2, 0) is 11.3 Å². The van der Waals surface area contributed by atoms with Crippen molar-refractivity contribution in [3.05, 3.63) is 96.3 Å². The van der Waals surface area contributed by atoms with Crippen molar-refractivity contribution in [2.45, 2.75) is 19.1 Å². The minimum Gasteiger partial charge on any atom is -0.478 e. The molecule has 0 saturated carbocycles. The van der Waals surface area contributed by atoms with Crippen LogP contribution in [0, 0.1) is 0 Å². The second-order valence-corrected chi connectivity index (χ2v) is 8.25. The molecule has 1 aliphatic heterocycles. The van der Waals surface area contributed by atoms with Gasteiger partial charge in [-0.05, 0) is 36.8 Å². The zero-order valence-corrected chi connectivity index (χ0v) is 18.7. The van der Waals surface area contributed by atoms with E-state index in [0.717, 1.165) is 11.3 Å². The fourth-order valence-electron chi connectivity index (χ4n) is 4.30. The monoisotopic (exact) mass is 444 g/mol. The summed E-state index contributed by atoms with van der Waals surface area (Å²) in [5.74, 6) is -1.35. The van der Waals surface area contributed by atoms with Gasteiger partial charge in [0.1, 0.15) is 0 Å². The second-order valence-electron chi connectivity index (χ2n) is 8.25. The van der Waals surface area contributed by atoms with Gasteiger partial charge in [0.05, 0.1) is 0 Å². The average molecular weight is 445 g/mol. The van der Waals surface area contributed by atoms with E-state index in [1.807, 2.05) is 53.4 Å². The van der Waals surface area contributed by atoms with Gasteiger partial charge < -0.3 is 14.9 Å². The lowest BCUT2D eigenvalue weighted by Crippen LogP contribution is -2.68. The lowest BCUT2D eigenvalue weighted by Gasteiger charge is -2.49. The summed E-state index contributed by atoms with van der Waals surface area (Å²) in [7, 11) is 0. The molecule has 0 spiro atoms. The summed E-state index contributed by atoms with van der Waals surface area (Å²) in [5.41, 5.74) is 0.900. The largest absolute Gasteiger partial charge is 0.478 e. The average Bonchev–Trinajstić information content (AvgIpc) is 2.88. The van der Waals surface area contributed by atoms with Gasteiger partial charge in [-0.25, -0.2) is 4.79 Å². The van der Waals surface area contributed by atoms with E-state index in [0.29, 0.717) is 31.7 Å². The Balaban J connectivity index is 1.64. The van der Waals surface area contributed by atoms with Crippen molar-refractivity contribution in [2.75, 3.05) is 31.1 Å². The number of benzene rings is 2. The highest BCUT2D eigenvalue weighted by molar-refractivity contribution is 5.97. The summed E-state index contributed by atoms with van der Waals surface area (Å²) in [6.45, 7) is 4.18. The van der Waals surface area contributed by atoms with E-state index in [9.17, 15) is 14.7 Å². The Morgan fingerprint density at radius 3 is 2.06 bits per heavy atom. The van der Waals surface area contributed by atoms with E-state index in [1.54, 1.807) is 43.6 Å². The SMILES string of the molecule is CC(C(=O)O)(N1CCN(c2ccncc2)CC1)N(Cc1ccccc1)C(=O)c1ccccc1. The molecule has 1 fully saturated rings. The van der Waals surface area contributed by atoms with E-state index in [-0.39, 0.29) is 12.5 Å². The fraction of sp³-hybridized carbons (Fsp3) is 0.269. The van der Waals surface area contributed by atoms with Gasteiger partial charge in [-0.3, -0.25) is 14.7 Å². The zero-order valence-electron chi connectivity index (χ0n) is 18.7. The number of hydrogen-bond acceptors (Lipinski definition) is 5. The van der Waals surface area contributed by atoms with Crippen LogP contribution in [0.15, 0.2) is 85.2 Å². The molecule has 7 heteroatoms. The molecule has 7 nitrogen and oxygen atoms in total. The molecule has 0 aliphatic carbocycles. The maximum absolute atomic E-state index is 13.6. The van der Waals surface area contributed by atoms with Gasteiger partial charge in [0.15, 0.2) is 5.66 Å². The Hall–Kier alpha value is -3.71. The number of piperazine rings is 1. The number of carboxylic acid groups (broad SMARTS) is 1. The first-order chi connectivity index (χ1) is 16.0. The van der Waals surface area contributed by atoms with E-state index in [2.05, 4.69) is 9.88 Å². The molecule has 1 atom stereocenters. The molecule has 33 heavy (non-hydrogen) atoms. The van der Waals surface area contributed by atoms with E-state index >= 15 is 0 Å². The number of hydrogen-bond donors (Lipinski definition) is 1. The van der Waals surface area contributed by atoms with Crippen LogP contribution in [0.5, 0.6) is 0 Å². The number of rotatable bonds is 7. The van der Waals surface area contributed by atoms with E-state index in [4.69, 9.17) is 0 Å². The highest BCUT2D eigenvalue weighted by Crippen LogP contribution is 2.28. The number of carbonyl (C=O) groups excluding carboxylic acids is 1. The third kappa shape index (κ3) is 4.73. The molecule has 1 amide bonds. The third-order valence-electron chi connectivity index (χ3n) is 6.30. The van der Waals surface area contributed by atoms with Crippen LogP contribution in [0.1, 0.15) is 22.8 Å². The maximum Gasteiger partial charge on any atom is 0.344 e. The first-order valence-corrected chi connectivity index (χ1v) is 11.0. The molecular formula is C26H28N4O3. The minimum atomic E-state index is -1.51. The molecular weight excluding hydrogens is 416 g/mol. The Morgan fingerprint density at radius 2 is 1.48 bits per heavy atom. The number of carboxylic acids is 1. The lowest BCUT2D eigenvalue weighted by molar-refractivity contribution is -0.163. The van der Waals surface area contributed by atoms with Gasteiger partial charge in [-0.1, -0.05) is 48.5 Å². The smallest absolute Gasteiger partial charge is 0.344 e. The molecule has 2 heterocycles. The summed E-state index contributed by atoms with van der Waals surface area (Å²) in [5, 5.41) is 10.5. The predicted octanol–water partition coefficient (Wildman–Crippen LogP) is 3.35. The number of amides is 1. The topological polar surface area (TPSA) is 77.0 Å². The van der Waals surface area contributed by atoms with Crippen LogP contribution in [0.2, 0.25) is 0 Å². The molecule has 0 bridgehead atoms. The van der Waals surface area contributed by atoms with E-state index in [1.165, 1.54) is 4.90 Å². The van der Waals surface area contributed by atoms with Crippen LogP contribution < -0.4 is 4.90 Å². The molecule has 4 rings (SSSR count). The van der Waals surface area contributed by atoms with Crippen molar-refractivity contribution in [1.29, 1.82) is 0 Å². The van der Waals surface area contributed by atoms with Gasteiger partial charge in [0.25, 0.3) is 5.91 Å². The number of anilines is 1. The molecule has 1 aromatic heterocycles. The van der Waals surface area contributed by atoms with Crippen LogP contribution in [0.3, 0.4) is 0 Å². The standard InChI is InChI=1S/C26H28N4O3/c1-26(25(32)33,29-18-16-28(17-19-29)23-12-14-27-15-13-23)30(20-21-8-4-2-5-9-21)24(31)22-10-6-3-7-11-22/h2-15H,16-20H2,1H3,(H,32,33). The highest BCUT2D eigenvalue weighted by atomic mass is 16.4. The van der Waals surface area contributed by atoms with Gasteiger partial charge in [0, 0.05) is 56.4 Å². The lowest BCUT2D eigenvalue weighted by atomic mass is 10.0. The number of aliphatic carboxylic acids is 1. The molecule has 3 aromatic rings. The Bertz CT molecular complexity index is 1070. The zero-order chi connectivity index (χ0) is 23.3. The third-order valence-corrected chi connectivity index (χ3v) is 6.30. The van der Waals surface area contributed by atoms with Crippen LogP contribution in [-0.4, -0.2) is 63.6 Å². The van der Waals surface area contributed by atoms with Crippen molar-refractivity contribution >= 4 is 17.6 Å². The van der Waals surface area contributed by atoms with E-state index < -0.39 is 11.6 Å². The van der Waals surface area contributed by atoms with Crippen LogP contribution in [0.4, 0.5) is 5.69 Å². The summed E-state index contributed by atoms with van der Waals surface area (Å²) in [6.07, 6.45) is 3.51. The van der Waals surface area contributed by atoms with Gasteiger partial charge in [0.2, 0.25) is 0 Å². The first kappa shape index (κ1) is 22.5. The van der Waals surface area contributed by atoms with Gasteiger partial charge in [-0.2, -0.15) is 0 Å². The van der Waals surface area contributed by atoms with Crippen LogP contribution in [0.25, 0.3) is 0 Å². The molecule has 170 valence electrons. The van der Waals surface area contributed by atoms with Gasteiger partial charge in [-0.15, -0.1) is 0 Å². The van der Waals surface area contributed by atoms with Crippen LogP contribution >= 0.6 is 0 Å². The molecule has 1 unspecified atom stereocenters. The molecule has 1 saturated heterocycles. The predicted molar refractivity (Wildman–Crippen MR) is 127 cm³/mol. The second kappa shape index (κ2) is 9.83. The molecule has 1 aliphatic rings. The number of carbonyl (C=O) groups is 2. The Morgan fingerprint density at radius 1 is 0.909 bits per heavy atom. The number of nitrogens with zero attached hydrogens (tertiary/aromatic N) is 4. The maximum atomic E-state index is 13.6. The van der Waals surface area contributed by atoms with Crippen molar-refractivity contribution in [3.8, 4) is 0 Å². The van der Waals surface area contributed by atoms with Crippen molar-refractivity contribution in [3.63, 3.8) is 0 Å². The summed E-state index contributed by atoms with van der Waals surface area (Å²) in [4.78, 5) is 36.1. The van der Waals surface area contributed by atoms with Crippen molar-refractivity contribution in [2.24, 2.45) is 0 Å². The normalized spacial score (nSPS) is 16.1. The summed E-state index contributed by atoms with van der Waals surface area (Å²) >= 11 is 0. The first-order valence-electron chi connectivity index (χ1n) is 11.0. The quantitative estimate of drug-likeness (QED) is 0.602. The fourth-order valence-corrected chi connectivity index (χ4v) is 4.30. The Kier molecular flexibility index (Phi) is 6.70. The Labute approximate surface area is 193 Å². The number of aromatic nitrogens is 1. The van der Waals surface area contributed by atoms with Crippen molar-refractivity contribution in [1.82, 2.24) is 14.8 Å². The highest BCUT2D eigenvalue weighted by Gasteiger charge is 2.48. The number of pyridine rings is 1. The summed E-state index contributed by atoms with van der Waals surface area (Å²) in [6, 6.07) is 22.3.